The molecule has 3 aromatic rings. The van der Waals surface area contributed by atoms with Gasteiger partial charge in [0.2, 0.25) is 10.0 Å². The second-order valence-electron chi connectivity index (χ2n) is 5.39. The van der Waals surface area contributed by atoms with Gasteiger partial charge in [-0.2, -0.15) is 9.98 Å². The summed E-state index contributed by atoms with van der Waals surface area (Å²) in [7, 11) is -3.81. The summed E-state index contributed by atoms with van der Waals surface area (Å²) in [6.07, 6.45) is 3.24. The Kier molecular flexibility index (Phi) is 4.89. The van der Waals surface area contributed by atoms with Gasteiger partial charge in [0.1, 0.15) is 0 Å². The number of rotatable bonds is 5. The van der Waals surface area contributed by atoms with E-state index in [1.807, 2.05) is 36.4 Å². The maximum Gasteiger partial charge on any atom is 0.241 e. The van der Waals surface area contributed by atoms with Crippen molar-refractivity contribution in [3.8, 4) is 6.07 Å². The number of nitrogens with zero attached hydrogens (tertiary/aromatic N) is 2. The Balaban J connectivity index is 2.02. The summed E-state index contributed by atoms with van der Waals surface area (Å²) in [6, 6.07) is 20.2. The van der Waals surface area contributed by atoms with E-state index in [0.29, 0.717) is 5.56 Å². The molecule has 0 unspecified atom stereocenters. The molecule has 1 aromatic heterocycles. The molecular weight excluding hydrogens is 334 g/mol. The predicted octanol–water partition coefficient (Wildman–Crippen LogP) is 3.02. The van der Waals surface area contributed by atoms with Crippen molar-refractivity contribution in [2.75, 3.05) is 0 Å². The van der Waals surface area contributed by atoms with Crippen LogP contribution in [0.1, 0.15) is 22.7 Å². The van der Waals surface area contributed by atoms with Gasteiger partial charge in [0.25, 0.3) is 0 Å². The van der Waals surface area contributed by atoms with Crippen molar-refractivity contribution in [1.82, 2.24) is 9.71 Å². The first-order valence-electron chi connectivity index (χ1n) is 7.57. The molecule has 0 aliphatic carbocycles. The van der Waals surface area contributed by atoms with E-state index in [1.54, 1.807) is 36.7 Å². The normalized spacial score (nSPS) is 12.3. The van der Waals surface area contributed by atoms with E-state index in [0.717, 1.165) is 11.1 Å². The number of hydrogen-bond acceptors (Lipinski definition) is 4. The van der Waals surface area contributed by atoms with Crippen LogP contribution in [-0.2, 0) is 10.0 Å². The number of nitriles is 1. The Hall–Kier alpha value is -3.01. The minimum absolute atomic E-state index is 0.0570. The first-order valence-corrected chi connectivity index (χ1v) is 9.06. The van der Waals surface area contributed by atoms with Crippen LogP contribution in [0.2, 0.25) is 0 Å². The topological polar surface area (TPSA) is 82.8 Å². The quantitative estimate of drug-likeness (QED) is 0.767. The van der Waals surface area contributed by atoms with Gasteiger partial charge in [-0.05, 0) is 41.5 Å². The molecule has 1 N–H and O–H groups in total. The zero-order chi connectivity index (χ0) is 17.7. The first-order chi connectivity index (χ1) is 12.1. The molecule has 0 aliphatic rings. The number of pyridine rings is 1. The molecule has 0 amide bonds. The van der Waals surface area contributed by atoms with Crippen molar-refractivity contribution in [3.63, 3.8) is 0 Å². The highest BCUT2D eigenvalue weighted by Gasteiger charge is 2.23. The maximum atomic E-state index is 12.8. The highest BCUT2D eigenvalue weighted by atomic mass is 32.2. The summed E-state index contributed by atoms with van der Waals surface area (Å²) >= 11 is 0. The Morgan fingerprint density at radius 1 is 0.920 bits per heavy atom. The van der Waals surface area contributed by atoms with Gasteiger partial charge in [0.05, 0.1) is 22.6 Å². The van der Waals surface area contributed by atoms with Crippen molar-refractivity contribution in [2.45, 2.75) is 10.9 Å². The maximum absolute atomic E-state index is 12.8. The lowest BCUT2D eigenvalue weighted by molar-refractivity contribution is 0.572. The molecule has 0 spiro atoms. The fourth-order valence-corrected chi connectivity index (χ4v) is 3.74. The monoisotopic (exact) mass is 349 g/mol. The van der Waals surface area contributed by atoms with E-state index in [4.69, 9.17) is 5.26 Å². The SMILES string of the molecule is N#Cc1cccc(S(=O)(=O)N[C@@H](c2ccccc2)c2ccncc2)c1. The van der Waals surface area contributed by atoms with Crippen molar-refractivity contribution >= 4 is 10.0 Å². The fourth-order valence-electron chi connectivity index (χ4n) is 2.49. The van der Waals surface area contributed by atoms with E-state index in [1.165, 1.54) is 12.1 Å². The third-order valence-electron chi connectivity index (χ3n) is 3.72. The van der Waals surface area contributed by atoms with E-state index in [-0.39, 0.29) is 4.90 Å². The molecule has 6 heteroatoms. The molecule has 0 saturated heterocycles. The molecule has 0 radical (unpaired) electrons. The molecular formula is C19H15N3O2S. The van der Waals surface area contributed by atoms with Gasteiger partial charge in [-0.1, -0.05) is 36.4 Å². The number of benzene rings is 2. The lowest BCUT2D eigenvalue weighted by Crippen LogP contribution is -2.29. The lowest BCUT2D eigenvalue weighted by Gasteiger charge is -2.19. The highest BCUT2D eigenvalue weighted by Crippen LogP contribution is 2.24. The van der Waals surface area contributed by atoms with Gasteiger partial charge in [-0.25, -0.2) is 8.42 Å². The largest absolute Gasteiger partial charge is 0.265 e. The Morgan fingerprint density at radius 3 is 2.28 bits per heavy atom. The molecule has 1 atom stereocenters. The Labute approximate surface area is 146 Å². The Morgan fingerprint density at radius 2 is 1.60 bits per heavy atom. The second kappa shape index (κ2) is 7.26. The minimum Gasteiger partial charge on any atom is -0.265 e. The predicted molar refractivity (Wildman–Crippen MR) is 94.0 cm³/mol. The van der Waals surface area contributed by atoms with Crippen molar-refractivity contribution < 1.29 is 8.42 Å². The average molecular weight is 349 g/mol. The van der Waals surface area contributed by atoms with Gasteiger partial charge < -0.3 is 0 Å². The zero-order valence-electron chi connectivity index (χ0n) is 13.2. The molecule has 1 heterocycles. The van der Waals surface area contributed by atoms with Crippen LogP contribution in [0.25, 0.3) is 0 Å². The molecule has 0 bridgehead atoms. The van der Waals surface area contributed by atoms with E-state index < -0.39 is 16.1 Å². The van der Waals surface area contributed by atoms with Crippen LogP contribution in [0, 0.1) is 11.3 Å². The number of nitrogens with one attached hydrogen (secondary N) is 1. The second-order valence-corrected chi connectivity index (χ2v) is 7.10. The summed E-state index contributed by atoms with van der Waals surface area (Å²) in [5.74, 6) is 0. The molecule has 0 fully saturated rings. The molecule has 2 aromatic carbocycles. The molecule has 3 rings (SSSR count). The van der Waals surface area contributed by atoms with Crippen LogP contribution in [0.4, 0.5) is 0 Å². The first kappa shape index (κ1) is 16.8. The van der Waals surface area contributed by atoms with Gasteiger partial charge in [0.15, 0.2) is 0 Å². The number of hydrogen-bond donors (Lipinski definition) is 1. The summed E-state index contributed by atoms with van der Waals surface area (Å²) < 4.78 is 28.4. The van der Waals surface area contributed by atoms with Crippen molar-refractivity contribution in [2.24, 2.45) is 0 Å². The highest BCUT2D eigenvalue weighted by molar-refractivity contribution is 7.89. The smallest absolute Gasteiger partial charge is 0.241 e. The number of sulfonamides is 1. The summed E-state index contributed by atoms with van der Waals surface area (Å²) in [5.41, 5.74) is 1.89. The van der Waals surface area contributed by atoms with E-state index in [2.05, 4.69) is 9.71 Å². The van der Waals surface area contributed by atoms with Crippen LogP contribution < -0.4 is 4.72 Å². The average Bonchev–Trinajstić information content (AvgIpc) is 2.67. The molecule has 5 nitrogen and oxygen atoms in total. The molecule has 0 aliphatic heterocycles. The van der Waals surface area contributed by atoms with Crippen LogP contribution in [-0.4, -0.2) is 13.4 Å². The summed E-state index contributed by atoms with van der Waals surface area (Å²) in [4.78, 5) is 4.04. The zero-order valence-corrected chi connectivity index (χ0v) is 14.0. The fraction of sp³-hybridized carbons (Fsp3) is 0.0526. The van der Waals surface area contributed by atoms with Crippen LogP contribution in [0.3, 0.4) is 0 Å². The minimum atomic E-state index is -3.81. The van der Waals surface area contributed by atoms with Gasteiger partial charge >= 0.3 is 0 Å². The molecule has 25 heavy (non-hydrogen) atoms. The Bertz CT molecular complexity index is 958. The summed E-state index contributed by atoms with van der Waals surface area (Å²) in [5, 5.41) is 8.99. The molecule has 124 valence electrons. The summed E-state index contributed by atoms with van der Waals surface area (Å²) in [6.45, 7) is 0. The van der Waals surface area contributed by atoms with Gasteiger partial charge in [-0.3, -0.25) is 4.98 Å². The van der Waals surface area contributed by atoms with Crippen LogP contribution >= 0.6 is 0 Å². The van der Waals surface area contributed by atoms with Crippen molar-refractivity contribution in [1.29, 1.82) is 5.26 Å². The third-order valence-corrected chi connectivity index (χ3v) is 5.14. The van der Waals surface area contributed by atoms with Gasteiger partial charge in [-0.15, -0.1) is 0 Å². The van der Waals surface area contributed by atoms with E-state index in [9.17, 15) is 8.42 Å². The van der Waals surface area contributed by atoms with Crippen molar-refractivity contribution in [3.05, 3.63) is 95.8 Å². The number of aromatic nitrogens is 1. The van der Waals surface area contributed by atoms with Gasteiger partial charge in [0, 0.05) is 12.4 Å². The van der Waals surface area contributed by atoms with Crippen LogP contribution in [0.5, 0.6) is 0 Å². The molecule has 0 saturated carbocycles. The third kappa shape index (κ3) is 3.91. The van der Waals surface area contributed by atoms with E-state index >= 15 is 0 Å². The standard InChI is InChI=1S/C19H15N3O2S/c20-14-15-5-4-8-18(13-15)25(23,24)22-19(16-6-2-1-3-7-16)17-9-11-21-12-10-17/h1-13,19,22H/t19-/m0/s1. The lowest BCUT2D eigenvalue weighted by atomic mass is 10.0. The van der Waals surface area contributed by atoms with Crippen LogP contribution in [0.15, 0.2) is 84.0 Å².